The number of hydrogen-bond acceptors (Lipinski definition) is 5. The van der Waals surface area contributed by atoms with Crippen molar-refractivity contribution in [2.45, 2.75) is 18.7 Å². The molecule has 1 aromatic carbocycles. The van der Waals surface area contributed by atoms with Crippen molar-refractivity contribution in [3.8, 4) is 0 Å². The zero-order chi connectivity index (χ0) is 15.6. The average molecular weight is 310 g/mol. The van der Waals surface area contributed by atoms with E-state index in [0.717, 1.165) is 0 Å². The fourth-order valence-corrected chi connectivity index (χ4v) is 2.42. The Labute approximate surface area is 121 Å². The molecule has 0 aliphatic carbocycles. The van der Waals surface area contributed by atoms with E-state index in [1.807, 2.05) is 4.83 Å². The first-order valence-corrected chi connectivity index (χ1v) is 7.63. The molecule has 0 atom stereocenters. The summed E-state index contributed by atoms with van der Waals surface area (Å²) in [5.74, 6) is -0.788. The molecule has 1 aromatic heterocycles. The predicted octanol–water partition coefficient (Wildman–Crippen LogP) is 0.758. The molecule has 0 saturated carbocycles. The Kier molecular flexibility index (Phi) is 4.10. The van der Waals surface area contributed by atoms with E-state index in [0.29, 0.717) is 5.39 Å². The largest absolute Gasteiger partial charge is 0.423 e. The first-order chi connectivity index (χ1) is 9.79. The topological polar surface area (TPSA) is 105 Å². The highest BCUT2D eigenvalue weighted by atomic mass is 32.2. The fraction of sp³-hybridized carbons (Fsp3) is 0.231. The summed E-state index contributed by atoms with van der Waals surface area (Å²) in [5, 5.41) is 0.465. The molecule has 0 spiro atoms. The summed E-state index contributed by atoms with van der Waals surface area (Å²) in [5.41, 5.74) is 1.90. The van der Waals surface area contributed by atoms with E-state index < -0.39 is 21.6 Å². The molecule has 112 valence electrons. The Bertz CT molecular complexity index is 839. The van der Waals surface area contributed by atoms with Gasteiger partial charge in [-0.1, -0.05) is 13.8 Å². The van der Waals surface area contributed by atoms with E-state index >= 15 is 0 Å². The van der Waals surface area contributed by atoms with Crippen LogP contribution in [-0.2, 0) is 14.8 Å². The molecular formula is C13H14N2O5S. The van der Waals surface area contributed by atoms with Crippen molar-refractivity contribution in [3.63, 3.8) is 0 Å². The molecule has 2 rings (SSSR count). The maximum atomic E-state index is 12.1. The van der Waals surface area contributed by atoms with Crippen molar-refractivity contribution < 1.29 is 17.6 Å². The Morgan fingerprint density at radius 3 is 2.57 bits per heavy atom. The van der Waals surface area contributed by atoms with Gasteiger partial charge >= 0.3 is 5.63 Å². The van der Waals surface area contributed by atoms with Crippen LogP contribution in [0.4, 0.5) is 0 Å². The molecule has 0 radical (unpaired) electrons. The van der Waals surface area contributed by atoms with Crippen molar-refractivity contribution in [2.75, 3.05) is 0 Å². The second-order valence-electron chi connectivity index (χ2n) is 4.70. The average Bonchev–Trinajstić information content (AvgIpc) is 2.44. The van der Waals surface area contributed by atoms with Crippen LogP contribution in [0.5, 0.6) is 0 Å². The van der Waals surface area contributed by atoms with Crippen LogP contribution in [0.1, 0.15) is 13.8 Å². The maximum Gasteiger partial charge on any atom is 0.336 e. The normalized spacial score (nSPS) is 11.8. The quantitative estimate of drug-likeness (QED) is 0.640. The van der Waals surface area contributed by atoms with Gasteiger partial charge < -0.3 is 4.42 Å². The van der Waals surface area contributed by atoms with Gasteiger partial charge in [0.15, 0.2) is 0 Å². The standard InChI is InChI=1S/C13H14N2O5S/c1-8(2)13(17)14-15-21(18,19)10-4-5-11-9(7-10)3-6-12(16)20-11/h3-8,15H,1-2H3,(H,14,17). The Balaban J connectivity index is 2.30. The number of rotatable bonds is 4. The van der Waals surface area contributed by atoms with Crippen molar-refractivity contribution in [1.29, 1.82) is 0 Å². The van der Waals surface area contributed by atoms with Gasteiger partial charge in [0.2, 0.25) is 5.91 Å². The molecule has 2 N–H and O–H groups in total. The number of nitrogens with one attached hydrogen (secondary N) is 2. The van der Waals surface area contributed by atoms with Gasteiger partial charge in [0.05, 0.1) is 4.90 Å². The molecule has 0 saturated heterocycles. The predicted molar refractivity (Wildman–Crippen MR) is 75.8 cm³/mol. The third-order valence-corrected chi connectivity index (χ3v) is 3.98. The van der Waals surface area contributed by atoms with Crippen LogP contribution in [0.15, 0.2) is 44.4 Å². The summed E-state index contributed by atoms with van der Waals surface area (Å²) >= 11 is 0. The number of hydrazine groups is 1. The molecule has 1 heterocycles. The van der Waals surface area contributed by atoms with E-state index in [1.54, 1.807) is 13.8 Å². The van der Waals surface area contributed by atoms with Crippen LogP contribution < -0.4 is 15.9 Å². The van der Waals surface area contributed by atoms with Crippen LogP contribution in [0.3, 0.4) is 0 Å². The van der Waals surface area contributed by atoms with E-state index in [-0.39, 0.29) is 16.4 Å². The highest BCUT2D eigenvalue weighted by Crippen LogP contribution is 2.17. The molecule has 0 unspecified atom stereocenters. The number of carbonyl (C=O) groups excluding carboxylic acids is 1. The number of benzene rings is 1. The number of sulfonamides is 1. The summed E-state index contributed by atoms with van der Waals surface area (Å²) in [6, 6.07) is 6.69. The number of fused-ring (bicyclic) bond motifs is 1. The Morgan fingerprint density at radius 1 is 1.19 bits per heavy atom. The summed E-state index contributed by atoms with van der Waals surface area (Å²) in [7, 11) is -3.89. The van der Waals surface area contributed by atoms with E-state index in [1.165, 1.54) is 30.3 Å². The van der Waals surface area contributed by atoms with Gasteiger partial charge in [-0.25, -0.2) is 13.2 Å². The lowest BCUT2D eigenvalue weighted by Gasteiger charge is -2.10. The molecule has 2 aromatic rings. The zero-order valence-corrected chi connectivity index (χ0v) is 12.2. The zero-order valence-electron chi connectivity index (χ0n) is 11.4. The van der Waals surface area contributed by atoms with Gasteiger partial charge in [0.25, 0.3) is 10.0 Å². The van der Waals surface area contributed by atoms with Crippen molar-refractivity contribution in [1.82, 2.24) is 10.3 Å². The summed E-state index contributed by atoms with van der Waals surface area (Å²) in [4.78, 5) is 24.4. The molecule has 8 heteroatoms. The van der Waals surface area contributed by atoms with Crippen molar-refractivity contribution in [3.05, 3.63) is 40.8 Å². The summed E-state index contributed by atoms with van der Waals surface area (Å²) in [6.45, 7) is 3.28. The fourth-order valence-electron chi connectivity index (χ4n) is 1.54. The number of carbonyl (C=O) groups is 1. The molecule has 0 bridgehead atoms. The van der Waals surface area contributed by atoms with Gasteiger partial charge in [-0.15, -0.1) is 4.83 Å². The second kappa shape index (κ2) is 5.66. The SMILES string of the molecule is CC(C)C(=O)NNS(=O)(=O)c1ccc2oc(=O)ccc2c1. The smallest absolute Gasteiger partial charge is 0.336 e. The van der Waals surface area contributed by atoms with Gasteiger partial charge in [0.1, 0.15) is 5.58 Å². The lowest BCUT2D eigenvalue weighted by molar-refractivity contribution is -0.124. The van der Waals surface area contributed by atoms with Gasteiger partial charge in [-0.3, -0.25) is 10.2 Å². The maximum absolute atomic E-state index is 12.1. The second-order valence-corrected chi connectivity index (χ2v) is 6.39. The van der Waals surface area contributed by atoms with E-state index in [2.05, 4.69) is 5.43 Å². The third kappa shape index (κ3) is 3.47. The monoisotopic (exact) mass is 310 g/mol. The van der Waals surface area contributed by atoms with Gasteiger partial charge in [-0.05, 0) is 24.3 Å². The lowest BCUT2D eigenvalue weighted by atomic mass is 10.2. The van der Waals surface area contributed by atoms with Crippen molar-refractivity contribution >= 4 is 26.9 Å². The van der Waals surface area contributed by atoms with E-state index in [4.69, 9.17) is 4.42 Å². The number of amides is 1. The Hall–Kier alpha value is -2.19. The third-order valence-electron chi connectivity index (χ3n) is 2.73. The molecule has 0 aliphatic rings. The molecule has 21 heavy (non-hydrogen) atoms. The van der Waals surface area contributed by atoms with Crippen LogP contribution in [0, 0.1) is 5.92 Å². The molecule has 7 nitrogen and oxygen atoms in total. The van der Waals surface area contributed by atoms with Crippen LogP contribution >= 0.6 is 0 Å². The first kappa shape index (κ1) is 15.2. The minimum Gasteiger partial charge on any atom is -0.423 e. The summed E-state index contributed by atoms with van der Waals surface area (Å²) < 4.78 is 29.0. The lowest BCUT2D eigenvalue weighted by Crippen LogP contribution is -2.43. The van der Waals surface area contributed by atoms with Crippen LogP contribution in [0.2, 0.25) is 0 Å². The Morgan fingerprint density at radius 2 is 1.90 bits per heavy atom. The highest BCUT2D eigenvalue weighted by Gasteiger charge is 2.17. The number of hydrogen-bond donors (Lipinski definition) is 2. The first-order valence-electron chi connectivity index (χ1n) is 6.15. The highest BCUT2D eigenvalue weighted by molar-refractivity contribution is 7.89. The van der Waals surface area contributed by atoms with Crippen LogP contribution in [0.25, 0.3) is 11.0 Å². The minimum atomic E-state index is -3.89. The molecule has 1 amide bonds. The molecular weight excluding hydrogens is 296 g/mol. The minimum absolute atomic E-state index is 0.0482. The summed E-state index contributed by atoms with van der Waals surface area (Å²) in [6.07, 6.45) is 0. The molecule has 0 fully saturated rings. The van der Waals surface area contributed by atoms with Crippen LogP contribution in [-0.4, -0.2) is 14.3 Å². The molecule has 0 aliphatic heterocycles. The van der Waals surface area contributed by atoms with Crippen molar-refractivity contribution in [2.24, 2.45) is 5.92 Å². The van der Waals surface area contributed by atoms with Gasteiger partial charge in [-0.2, -0.15) is 0 Å². The van der Waals surface area contributed by atoms with Gasteiger partial charge in [0, 0.05) is 17.4 Å². The van der Waals surface area contributed by atoms with E-state index in [9.17, 15) is 18.0 Å².